The fourth-order valence-corrected chi connectivity index (χ4v) is 3.23. The molecule has 2 rings (SSSR count). The molecule has 0 saturated carbocycles. The standard InChI is InChI=1S/C15H14F3N3O3S/c1-6-4-7(2)9(8(3)5-6)19-12(22)10-11(15(16,17)18)20-13(25-10)21-14(23)24/h4-5H,1-3H3,(H,19,22)(H,20,21)(H,23,24). The molecule has 2 amide bonds. The number of hydrogen-bond acceptors (Lipinski definition) is 4. The lowest BCUT2D eigenvalue weighted by Gasteiger charge is -2.13. The number of benzene rings is 1. The molecule has 0 aliphatic rings. The Hall–Kier alpha value is -2.62. The maximum absolute atomic E-state index is 13.1. The summed E-state index contributed by atoms with van der Waals surface area (Å²) < 4.78 is 39.3. The minimum Gasteiger partial charge on any atom is -0.465 e. The molecular weight excluding hydrogens is 359 g/mol. The van der Waals surface area contributed by atoms with Gasteiger partial charge in [0.05, 0.1) is 0 Å². The molecule has 1 aromatic carbocycles. The lowest BCUT2D eigenvalue weighted by atomic mass is 10.1. The first kappa shape index (κ1) is 18.7. The van der Waals surface area contributed by atoms with Gasteiger partial charge in [0, 0.05) is 5.69 Å². The molecule has 134 valence electrons. The van der Waals surface area contributed by atoms with Crippen LogP contribution in [-0.4, -0.2) is 22.1 Å². The minimum atomic E-state index is -4.89. The Kier molecular flexibility index (Phi) is 5.02. The molecule has 0 spiro atoms. The van der Waals surface area contributed by atoms with E-state index in [1.54, 1.807) is 31.3 Å². The van der Waals surface area contributed by atoms with Crippen molar-refractivity contribution in [2.45, 2.75) is 26.9 Å². The number of carbonyl (C=O) groups is 2. The van der Waals surface area contributed by atoms with Crippen LogP contribution < -0.4 is 10.6 Å². The molecule has 2 aromatic rings. The second kappa shape index (κ2) is 6.71. The summed E-state index contributed by atoms with van der Waals surface area (Å²) in [6, 6.07) is 3.58. The van der Waals surface area contributed by atoms with E-state index in [1.165, 1.54) is 0 Å². The first-order valence-corrected chi connectivity index (χ1v) is 7.78. The maximum Gasteiger partial charge on any atom is 0.435 e. The van der Waals surface area contributed by atoms with Crippen LogP contribution in [0.5, 0.6) is 0 Å². The molecular formula is C15H14F3N3O3S. The van der Waals surface area contributed by atoms with Crippen LogP contribution in [-0.2, 0) is 6.18 Å². The van der Waals surface area contributed by atoms with E-state index in [2.05, 4.69) is 10.3 Å². The van der Waals surface area contributed by atoms with Gasteiger partial charge < -0.3 is 10.4 Å². The van der Waals surface area contributed by atoms with Gasteiger partial charge in [-0.05, 0) is 31.9 Å². The van der Waals surface area contributed by atoms with Crippen LogP contribution in [0.25, 0.3) is 0 Å². The van der Waals surface area contributed by atoms with Gasteiger partial charge in [-0.3, -0.25) is 10.1 Å². The molecule has 0 saturated heterocycles. The van der Waals surface area contributed by atoms with Gasteiger partial charge in [-0.15, -0.1) is 0 Å². The summed E-state index contributed by atoms with van der Waals surface area (Å²) >= 11 is 0.322. The Balaban J connectivity index is 2.42. The SMILES string of the molecule is Cc1cc(C)c(NC(=O)c2sc(NC(=O)O)nc2C(F)(F)F)c(C)c1. The lowest BCUT2D eigenvalue weighted by molar-refractivity contribution is -0.140. The van der Waals surface area contributed by atoms with E-state index in [1.807, 2.05) is 6.92 Å². The Bertz CT molecular complexity index is 823. The van der Waals surface area contributed by atoms with E-state index < -0.39 is 33.9 Å². The molecule has 0 aliphatic heterocycles. The summed E-state index contributed by atoms with van der Waals surface area (Å²) in [7, 11) is 0. The molecule has 0 atom stereocenters. The quantitative estimate of drug-likeness (QED) is 0.742. The Morgan fingerprint density at radius 2 is 1.68 bits per heavy atom. The van der Waals surface area contributed by atoms with Crippen LogP contribution in [0.4, 0.5) is 28.8 Å². The molecule has 0 bridgehead atoms. The number of amides is 2. The Labute approximate surface area is 144 Å². The number of carbonyl (C=O) groups excluding carboxylic acids is 1. The topological polar surface area (TPSA) is 91.3 Å². The Morgan fingerprint density at radius 1 is 1.12 bits per heavy atom. The van der Waals surface area contributed by atoms with Crippen molar-refractivity contribution in [3.8, 4) is 0 Å². The summed E-state index contributed by atoms with van der Waals surface area (Å²) in [6.45, 7) is 5.31. The van der Waals surface area contributed by atoms with Crippen molar-refractivity contribution in [3.05, 3.63) is 39.4 Å². The van der Waals surface area contributed by atoms with E-state index in [9.17, 15) is 22.8 Å². The van der Waals surface area contributed by atoms with E-state index in [0.717, 1.165) is 5.56 Å². The number of nitrogens with one attached hydrogen (secondary N) is 2. The first-order chi connectivity index (χ1) is 11.5. The van der Waals surface area contributed by atoms with E-state index in [0.29, 0.717) is 28.2 Å². The number of thiazole rings is 1. The molecule has 25 heavy (non-hydrogen) atoms. The van der Waals surface area contributed by atoms with Crippen LogP contribution in [0.1, 0.15) is 32.1 Å². The summed E-state index contributed by atoms with van der Waals surface area (Å²) in [5.41, 5.74) is 1.33. The molecule has 0 aliphatic carbocycles. The van der Waals surface area contributed by atoms with Crippen LogP contribution >= 0.6 is 11.3 Å². The Morgan fingerprint density at radius 3 is 2.16 bits per heavy atom. The third-order valence-electron chi connectivity index (χ3n) is 3.23. The van der Waals surface area contributed by atoms with Crippen LogP contribution in [0.3, 0.4) is 0 Å². The largest absolute Gasteiger partial charge is 0.465 e. The van der Waals surface area contributed by atoms with Crippen LogP contribution in [0.2, 0.25) is 0 Å². The van der Waals surface area contributed by atoms with Crippen molar-refractivity contribution in [2.75, 3.05) is 10.6 Å². The molecule has 1 heterocycles. The van der Waals surface area contributed by atoms with Gasteiger partial charge in [0.2, 0.25) is 0 Å². The van der Waals surface area contributed by atoms with Gasteiger partial charge in [-0.25, -0.2) is 9.78 Å². The van der Waals surface area contributed by atoms with Crippen molar-refractivity contribution >= 4 is 34.2 Å². The molecule has 1 aromatic heterocycles. The first-order valence-electron chi connectivity index (χ1n) is 6.96. The number of nitrogens with zero attached hydrogens (tertiary/aromatic N) is 1. The summed E-state index contributed by atoms with van der Waals surface area (Å²) in [5.74, 6) is -1.00. The van der Waals surface area contributed by atoms with Crippen LogP contribution in [0, 0.1) is 20.8 Å². The second-order valence-corrected chi connectivity index (χ2v) is 6.35. The van der Waals surface area contributed by atoms with Crippen molar-refractivity contribution in [1.82, 2.24) is 4.98 Å². The molecule has 0 fully saturated rings. The number of halogens is 3. The number of alkyl halides is 3. The number of aryl methyl sites for hydroxylation is 3. The fraction of sp³-hybridized carbons (Fsp3) is 0.267. The zero-order valence-electron chi connectivity index (χ0n) is 13.4. The smallest absolute Gasteiger partial charge is 0.435 e. The van der Waals surface area contributed by atoms with E-state index in [4.69, 9.17) is 5.11 Å². The normalized spacial score (nSPS) is 11.3. The average molecular weight is 373 g/mol. The predicted octanol–water partition coefficient (Wildman–Crippen LogP) is 4.43. The van der Waals surface area contributed by atoms with Crippen molar-refractivity contribution in [2.24, 2.45) is 0 Å². The van der Waals surface area contributed by atoms with Gasteiger partial charge in [0.15, 0.2) is 10.8 Å². The predicted molar refractivity (Wildman–Crippen MR) is 87.4 cm³/mol. The number of hydrogen-bond donors (Lipinski definition) is 3. The summed E-state index contributed by atoms with van der Waals surface area (Å²) in [6.07, 6.45) is -6.46. The van der Waals surface area contributed by atoms with Crippen molar-refractivity contribution in [1.29, 1.82) is 0 Å². The number of aromatic nitrogens is 1. The molecule has 10 heteroatoms. The highest BCUT2D eigenvalue weighted by atomic mass is 32.1. The van der Waals surface area contributed by atoms with Gasteiger partial charge in [-0.1, -0.05) is 29.0 Å². The highest BCUT2D eigenvalue weighted by Gasteiger charge is 2.40. The number of anilines is 2. The zero-order chi connectivity index (χ0) is 18.9. The molecule has 0 unspecified atom stereocenters. The average Bonchev–Trinajstić information content (AvgIpc) is 2.85. The maximum atomic E-state index is 13.1. The third-order valence-corrected chi connectivity index (χ3v) is 4.20. The lowest BCUT2D eigenvalue weighted by Crippen LogP contribution is -2.18. The third kappa shape index (κ3) is 4.27. The second-order valence-electron chi connectivity index (χ2n) is 5.35. The zero-order valence-corrected chi connectivity index (χ0v) is 14.2. The number of rotatable bonds is 3. The summed E-state index contributed by atoms with van der Waals surface area (Å²) in [5, 5.41) is 12.3. The van der Waals surface area contributed by atoms with Gasteiger partial charge in [0.1, 0.15) is 4.88 Å². The van der Waals surface area contributed by atoms with Crippen LogP contribution in [0.15, 0.2) is 12.1 Å². The summed E-state index contributed by atoms with van der Waals surface area (Å²) in [4.78, 5) is 25.4. The van der Waals surface area contributed by atoms with E-state index >= 15 is 0 Å². The number of carboxylic acid groups (broad SMARTS) is 1. The van der Waals surface area contributed by atoms with E-state index in [-0.39, 0.29) is 0 Å². The molecule has 6 nitrogen and oxygen atoms in total. The highest BCUT2D eigenvalue weighted by Crippen LogP contribution is 2.37. The fourth-order valence-electron chi connectivity index (χ4n) is 2.36. The van der Waals surface area contributed by atoms with Gasteiger partial charge >= 0.3 is 12.3 Å². The highest BCUT2D eigenvalue weighted by molar-refractivity contribution is 7.17. The van der Waals surface area contributed by atoms with Crippen molar-refractivity contribution in [3.63, 3.8) is 0 Å². The monoisotopic (exact) mass is 373 g/mol. The van der Waals surface area contributed by atoms with Gasteiger partial charge in [0.25, 0.3) is 5.91 Å². The van der Waals surface area contributed by atoms with Gasteiger partial charge in [-0.2, -0.15) is 13.2 Å². The van der Waals surface area contributed by atoms with Crippen molar-refractivity contribution < 1.29 is 27.9 Å². The molecule has 3 N–H and O–H groups in total. The molecule has 0 radical (unpaired) electrons. The minimum absolute atomic E-state index is 0.322.